The van der Waals surface area contributed by atoms with E-state index in [1.807, 2.05) is 25.8 Å². The molecule has 0 spiro atoms. The summed E-state index contributed by atoms with van der Waals surface area (Å²) >= 11 is 1.63. The summed E-state index contributed by atoms with van der Waals surface area (Å²) in [4.78, 5) is 24.5. The molecule has 1 amide bonds. The van der Waals surface area contributed by atoms with Crippen LogP contribution in [0.3, 0.4) is 0 Å². The quantitative estimate of drug-likeness (QED) is 0.873. The van der Waals surface area contributed by atoms with Crippen LogP contribution < -0.4 is 11.1 Å². The highest BCUT2D eigenvalue weighted by Crippen LogP contribution is 2.31. The van der Waals surface area contributed by atoms with Crippen molar-refractivity contribution in [2.75, 3.05) is 25.9 Å². The standard InChI is InChI=1S/C14H21N5OS/c1-5-16-11(20)7-19(4)6-10-17-13(15)12-8(2)9(3)21-14(12)18-10/h5-7H2,1-4H3,(H,16,20)(H2,15,17,18). The summed E-state index contributed by atoms with van der Waals surface area (Å²) in [6, 6.07) is 0. The Bertz CT molecular complexity index is 667. The molecule has 0 aromatic carbocycles. The summed E-state index contributed by atoms with van der Waals surface area (Å²) in [5.74, 6) is 1.16. The highest BCUT2D eigenvalue weighted by molar-refractivity contribution is 7.18. The fourth-order valence-electron chi connectivity index (χ4n) is 2.19. The Morgan fingerprint density at radius 1 is 1.38 bits per heavy atom. The number of aromatic nitrogens is 2. The molecular formula is C14H21N5OS. The fourth-order valence-corrected chi connectivity index (χ4v) is 3.25. The number of amides is 1. The van der Waals surface area contributed by atoms with E-state index in [-0.39, 0.29) is 5.91 Å². The van der Waals surface area contributed by atoms with Crippen LogP contribution in [0.15, 0.2) is 0 Å². The summed E-state index contributed by atoms with van der Waals surface area (Å²) in [6.45, 7) is 7.44. The average Bonchev–Trinajstić information content (AvgIpc) is 2.64. The number of anilines is 1. The number of thiophene rings is 1. The van der Waals surface area contributed by atoms with Gasteiger partial charge in [-0.3, -0.25) is 9.69 Å². The Morgan fingerprint density at radius 2 is 2.10 bits per heavy atom. The summed E-state index contributed by atoms with van der Waals surface area (Å²) in [5, 5.41) is 3.72. The molecule has 0 atom stereocenters. The van der Waals surface area contributed by atoms with E-state index in [0.29, 0.717) is 31.3 Å². The number of carbonyl (C=O) groups excluding carboxylic acids is 1. The van der Waals surface area contributed by atoms with Crippen LogP contribution in [0.4, 0.5) is 5.82 Å². The number of rotatable bonds is 5. The molecule has 0 bridgehead atoms. The molecule has 2 aromatic heterocycles. The largest absolute Gasteiger partial charge is 0.383 e. The first-order chi connectivity index (χ1) is 9.92. The number of carbonyl (C=O) groups is 1. The van der Waals surface area contributed by atoms with Crippen molar-refractivity contribution >= 4 is 33.3 Å². The molecule has 0 radical (unpaired) electrons. The molecule has 0 saturated carbocycles. The summed E-state index contributed by atoms with van der Waals surface area (Å²) in [7, 11) is 1.86. The maximum Gasteiger partial charge on any atom is 0.234 e. The Balaban J connectivity index is 2.18. The van der Waals surface area contributed by atoms with Gasteiger partial charge < -0.3 is 11.1 Å². The van der Waals surface area contributed by atoms with Gasteiger partial charge in [0.15, 0.2) is 0 Å². The summed E-state index contributed by atoms with van der Waals surface area (Å²) < 4.78 is 0. The second-order valence-electron chi connectivity index (χ2n) is 5.11. The molecule has 3 N–H and O–H groups in total. The molecule has 2 heterocycles. The van der Waals surface area contributed by atoms with Crippen LogP contribution in [0.5, 0.6) is 0 Å². The Labute approximate surface area is 128 Å². The number of aryl methyl sites for hydroxylation is 2. The normalized spacial score (nSPS) is 11.3. The van der Waals surface area contributed by atoms with Crippen molar-refractivity contribution in [2.24, 2.45) is 0 Å². The second kappa shape index (κ2) is 6.36. The molecule has 6 nitrogen and oxygen atoms in total. The van der Waals surface area contributed by atoms with E-state index in [1.165, 1.54) is 4.88 Å². The van der Waals surface area contributed by atoms with Crippen molar-refractivity contribution in [3.05, 3.63) is 16.3 Å². The number of nitrogens with two attached hydrogens (primary N) is 1. The van der Waals surface area contributed by atoms with E-state index in [0.717, 1.165) is 15.8 Å². The molecule has 0 aliphatic carbocycles. The maximum absolute atomic E-state index is 11.6. The van der Waals surface area contributed by atoms with Gasteiger partial charge in [0.05, 0.1) is 18.5 Å². The van der Waals surface area contributed by atoms with E-state index in [4.69, 9.17) is 5.73 Å². The van der Waals surface area contributed by atoms with Crippen LogP contribution in [0, 0.1) is 13.8 Å². The van der Waals surface area contributed by atoms with Crippen LogP contribution in [0.2, 0.25) is 0 Å². The second-order valence-corrected chi connectivity index (χ2v) is 6.32. The summed E-state index contributed by atoms with van der Waals surface area (Å²) in [6.07, 6.45) is 0. The molecule has 0 unspecified atom stereocenters. The molecule has 0 aliphatic heterocycles. The van der Waals surface area contributed by atoms with E-state index in [2.05, 4.69) is 22.2 Å². The molecule has 21 heavy (non-hydrogen) atoms. The first kappa shape index (κ1) is 15.7. The molecule has 0 saturated heterocycles. The monoisotopic (exact) mass is 307 g/mol. The SMILES string of the molecule is CCNC(=O)CN(C)Cc1nc(N)c2c(C)c(C)sc2n1. The third kappa shape index (κ3) is 3.48. The van der Waals surface area contributed by atoms with Gasteiger partial charge in [-0.2, -0.15) is 0 Å². The third-order valence-corrected chi connectivity index (χ3v) is 4.40. The lowest BCUT2D eigenvalue weighted by Gasteiger charge is -2.15. The van der Waals surface area contributed by atoms with Gasteiger partial charge in [-0.1, -0.05) is 0 Å². The van der Waals surface area contributed by atoms with Crippen LogP contribution in [-0.4, -0.2) is 40.9 Å². The Morgan fingerprint density at radius 3 is 2.76 bits per heavy atom. The zero-order valence-corrected chi connectivity index (χ0v) is 13.7. The molecule has 2 rings (SSSR count). The topological polar surface area (TPSA) is 84.1 Å². The van der Waals surface area contributed by atoms with Crippen molar-refractivity contribution in [2.45, 2.75) is 27.3 Å². The third-order valence-electron chi connectivity index (χ3n) is 3.30. The first-order valence-corrected chi connectivity index (χ1v) is 7.71. The number of nitrogen functional groups attached to an aromatic ring is 1. The van der Waals surface area contributed by atoms with E-state index in [9.17, 15) is 4.79 Å². The highest BCUT2D eigenvalue weighted by Gasteiger charge is 2.14. The minimum atomic E-state index is -0.00291. The molecular weight excluding hydrogens is 286 g/mol. The van der Waals surface area contributed by atoms with E-state index in [1.54, 1.807) is 11.3 Å². The Hall–Kier alpha value is -1.73. The lowest BCUT2D eigenvalue weighted by molar-refractivity contribution is -0.121. The van der Waals surface area contributed by atoms with Crippen LogP contribution in [0.25, 0.3) is 10.2 Å². The molecule has 2 aromatic rings. The van der Waals surface area contributed by atoms with Gasteiger partial charge >= 0.3 is 0 Å². The lowest BCUT2D eigenvalue weighted by atomic mass is 10.2. The van der Waals surface area contributed by atoms with Crippen molar-refractivity contribution in [1.82, 2.24) is 20.2 Å². The first-order valence-electron chi connectivity index (χ1n) is 6.89. The van der Waals surface area contributed by atoms with Gasteiger partial charge in [-0.25, -0.2) is 9.97 Å². The summed E-state index contributed by atoms with van der Waals surface area (Å²) in [5.41, 5.74) is 7.20. The zero-order chi connectivity index (χ0) is 15.6. The predicted molar refractivity (Wildman–Crippen MR) is 86.3 cm³/mol. The minimum Gasteiger partial charge on any atom is -0.383 e. The molecule has 0 aliphatic rings. The molecule has 7 heteroatoms. The number of likely N-dealkylation sites (N-methyl/N-ethyl adjacent to an activating group) is 2. The maximum atomic E-state index is 11.6. The minimum absolute atomic E-state index is 0.00291. The lowest BCUT2D eigenvalue weighted by Crippen LogP contribution is -2.35. The Kier molecular flexibility index (Phi) is 4.74. The van der Waals surface area contributed by atoms with Gasteiger partial charge in [0.25, 0.3) is 0 Å². The zero-order valence-electron chi connectivity index (χ0n) is 12.9. The predicted octanol–water partition coefficient (Wildman–Crippen LogP) is 1.46. The number of hydrogen-bond acceptors (Lipinski definition) is 6. The van der Waals surface area contributed by atoms with Crippen LogP contribution in [0.1, 0.15) is 23.2 Å². The number of nitrogens with zero attached hydrogens (tertiary/aromatic N) is 3. The van der Waals surface area contributed by atoms with Gasteiger partial charge in [-0.05, 0) is 33.4 Å². The number of fused-ring (bicyclic) bond motifs is 1. The van der Waals surface area contributed by atoms with Gasteiger partial charge in [0.2, 0.25) is 5.91 Å². The van der Waals surface area contributed by atoms with Crippen LogP contribution >= 0.6 is 11.3 Å². The molecule has 114 valence electrons. The van der Waals surface area contributed by atoms with E-state index < -0.39 is 0 Å². The highest BCUT2D eigenvalue weighted by atomic mass is 32.1. The fraction of sp³-hybridized carbons (Fsp3) is 0.500. The van der Waals surface area contributed by atoms with Crippen molar-refractivity contribution in [1.29, 1.82) is 0 Å². The average molecular weight is 307 g/mol. The van der Waals surface area contributed by atoms with Gasteiger partial charge in [0.1, 0.15) is 16.5 Å². The van der Waals surface area contributed by atoms with Crippen molar-refractivity contribution < 1.29 is 4.79 Å². The van der Waals surface area contributed by atoms with Crippen molar-refractivity contribution in [3.8, 4) is 0 Å². The van der Waals surface area contributed by atoms with E-state index >= 15 is 0 Å². The number of hydrogen-bond donors (Lipinski definition) is 2. The van der Waals surface area contributed by atoms with Crippen LogP contribution in [-0.2, 0) is 11.3 Å². The molecule has 0 fully saturated rings. The van der Waals surface area contributed by atoms with Crippen molar-refractivity contribution in [3.63, 3.8) is 0 Å². The van der Waals surface area contributed by atoms with Gasteiger partial charge in [-0.15, -0.1) is 11.3 Å². The smallest absolute Gasteiger partial charge is 0.234 e. The van der Waals surface area contributed by atoms with Gasteiger partial charge in [0, 0.05) is 11.4 Å². The number of nitrogens with one attached hydrogen (secondary N) is 1.